The van der Waals surface area contributed by atoms with E-state index in [0.717, 1.165) is 13.1 Å². The van der Waals surface area contributed by atoms with Crippen LogP contribution in [0.2, 0.25) is 0 Å². The van der Waals surface area contributed by atoms with Crippen LogP contribution < -0.4 is 5.56 Å². The van der Waals surface area contributed by atoms with E-state index < -0.39 is 11.4 Å². The summed E-state index contributed by atoms with van der Waals surface area (Å²) in [5.74, 6) is -0.373. The Bertz CT molecular complexity index is 1310. The summed E-state index contributed by atoms with van der Waals surface area (Å²) in [6.45, 7) is 4.75. The predicted octanol–water partition coefficient (Wildman–Crippen LogP) is 2.47. The van der Waals surface area contributed by atoms with E-state index in [1.54, 1.807) is 24.3 Å². The lowest BCUT2D eigenvalue weighted by Gasteiger charge is -2.34. The normalized spacial score (nSPS) is 16.6. The second-order valence-electron chi connectivity index (χ2n) is 8.50. The highest BCUT2D eigenvalue weighted by Crippen LogP contribution is 2.28. The van der Waals surface area contributed by atoms with Crippen LogP contribution in [-0.2, 0) is 0 Å². The maximum absolute atomic E-state index is 14.4. The van der Waals surface area contributed by atoms with Gasteiger partial charge in [0.05, 0.1) is 16.7 Å². The molecule has 8 nitrogen and oxygen atoms in total. The van der Waals surface area contributed by atoms with E-state index >= 15 is 0 Å². The van der Waals surface area contributed by atoms with Gasteiger partial charge >= 0.3 is 0 Å². The molecule has 3 aromatic rings. The van der Waals surface area contributed by atoms with Crippen LogP contribution >= 0.6 is 0 Å². The van der Waals surface area contributed by atoms with Crippen LogP contribution in [0.3, 0.4) is 0 Å². The van der Waals surface area contributed by atoms with Gasteiger partial charge in [0.1, 0.15) is 11.9 Å². The zero-order valence-electron chi connectivity index (χ0n) is 18.2. The van der Waals surface area contributed by atoms with Crippen LogP contribution in [0, 0.1) is 24.1 Å². The van der Waals surface area contributed by atoms with Gasteiger partial charge in [-0.1, -0.05) is 6.07 Å². The van der Waals surface area contributed by atoms with Gasteiger partial charge < -0.3 is 4.90 Å². The Balaban J connectivity index is 1.35. The minimum Gasteiger partial charge on any atom is -0.336 e. The van der Waals surface area contributed by atoms with E-state index in [1.807, 2.05) is 4.90 Å². The molecule has 2 aromatic heterocycles. The number of nitriles is 1. The van der Waals surface area contributed by atoms with E-state index in [-0.39, 0.29) is 22.6 Å². The van der Waals surface area contributed by atoms with Gasteiger partial charge in [0.25, 0.3) is 11.5 Å². The minimum atomic E-state index is -0.638. The maximum Gasteiger partial charge on any atom is 0.280 e. The van der Waals surface area contributed by atoms with Gasteiger partial charge in [-0.05, 0) is 49.1 Å². The van der Waals surface area contributed by atoms with Gasteiger partial charge in [-0.2, -0.15) is 5.26 Å². The molecule has 1 aromatic carbocycles. The van der Waals surface area contributed by atoms with Crippen LogP contribution in [0.15, 0.2) is 41.5 Å². The molecule has 0 spiro atoms. The number of carbonyl (C=O) groups is 1. The Morgan fingerprint density at radius 3 is 2.55 bits per heavy atom. The van der Waals surface area contributed by atoms with Crippen LogP contribution in [0.5, 0.6) is 0 Å². The molecule has 1 aliphatic heterocycles. The third kappa shape index (κ3) is 3.83. The number of hydrogen-bond donors (Lipinski definition) is 1. The zero-order valence-corrected chi connectivity index (χ0v) is 18.2. The van der Waals surface area contributed by atoms with Crippen LogP contribution in [0.1, 0.15) is 34.3 Å². The number of amides is 1. The first-order chi connectivity index (χ1) is 16.0. The SMILES string of the molecule is Cc1c(-c2c[nH]n(-c3ccc(C(=O)N4CCN(C5CC5)CC4)cn3)c2=O)ccc(C#N)c1F. The van der Waals surface area contributed by atoms with E-state index in [9.17, 15) is 14.0 Å². The van der Waals surface area contributed by atoms with Crippen molar-refractivity contribution in [2.45, 2.75) is 25.8 Å². The average Bonchev–Trinajstić information content (AvgIpc) is 3.63. The van der Waals surface area contributed by atoms with Crippen LogP contribution in [0.4, 0.5) is 4.39 Å². The molecular weight excluding hydrogens is 423 g/mol. The summed E-state index contributed by atoms with van der Waals surface area (Å²) in [4.78, 5) is 34.4. The van der Waals surface area contributed by atoms with E-state index in [2.05, 4.69) is 15.0 Å². The molecule has 0 radical (unpaired) electrons. The lowest BCUT2D eigenvalue weighted by molar-refractivity contribution is 0.0627. The third-order valence-electron chi connectivity index (χ3n) is 6.46. The topological polar surface area (TPSA) is 98.0 Å². The number of H-pyrrole nitrogens is 1. The van der Waals surface area contributed by atoms with Gasteiger partial charge in [0, 0.05) is 44.6 Å². The molecule has 1 aliphatic carbocycles. The fourth-order valence-corrected chi connectivity index (χ4v) is 4.35. The molecule has 0 bridgehead atoms. The van der Waals surface area contributed by atoms with Crippen molar-refractivity contribution in [2.24, 2.45) is 0 Å². The number of nitrogens with one attached hydrogen (secondary N) is 1. The number of aromatic amines is 1. The molecule has 3 heterocycles. The van der Waals surface area contributed by atoms with Crippen molar-refractivity contribution in [1.82, 2.24) is 24.6 Å². The number of piperazine rings is 1. The average molecular weight is 446 g/mol. The van der Waals surface area contributed by atoms with E-state index in [4.69, 9.17) is 5.26 Å². The molecule has 0 atom stereocenters. The minimum absolute atomic E-state index is 0.0623. The third-order valence-corrected chi connectivity index (χ3v) is 6.46. The predicted molar refractivity (Wildman–Crippen MR) is 120 cm³/mol. The molecule has 9 heteroatoms. The van der Waals surface area contributed by atoms with Gasteiger partial charge in [-0.25, -0.2) is 14.1 Å². The first kappa shape index (κ1) is 21.1. The standard InChI is InChI=1S/C24H23FN6O2/c1-15-19(6-2-16(12-26)22(15)25)20-14-28-31(24(20)33)21-7-3-17(13-27-21)23(32)30-10-8-29(9-11-30)18-4-5-18/h2-3,6-7,13-14,18,28H,4-5,8-11H2,1H3. The summed E-state index contributed by atoms with van der Waals surface area (Å²) < 4.78 is 15.6. The number of nitrogens with zero attached hydrogens (tertiary/aromatic N) is 5. The van der Waals surface area contributed by atoms with E-state index in [0.29, 0.717) is 36.1 Å². The number of aromatic nitrogens is 3. The van der Waals surface area contributed by atoms with Crippen LogP contribution in [0.25, 0.3) is 16.9 Å². The summed E-state index contributed by atoms with van der Waals surface area (Å²) in [6, 6.07) is 8.70. The quantitative estimate of drug-likeness (QED) is 0.664. The molecule has 5 rings (SSSR count). The Morgan fingerprint density at radius 1 is 1.15 bits per heavy atom. The smallest absolute Gasteiger partial charge is 0.280 e. The molecule has 168 valence electrons. The number of pyridine rings is 1. The van der Waals surface area contributed by atoms with Crippen molar-refractivity contribution < 1.29 is 9.18 Å². The van der Waals surface area contributed by atoms with Crippen molar-refractivity contribution in [2.75, 3.05) is 26.2 Å². The highest BCUT2D eigenvalue weighted by molar-refractivity contribution is 5.94. The van der Waals surface area contributed by atoms with Crippen molar-refractivity contribution in [3.8, 4) is 23.0 Å². The van der Waals surface area contributed by atoms with Crippen LogP contribution in [-0.4, -0.2) is 62.7 Å². The summed E-state index contributed by atoms with van der Waals surface area (Å²) >= 11 is 0. The molecule has 1 N–H and O–H groups in total. The number of halogens is 1. The number of benzene rings is 1. The number of carbonyl (C=O) groups excluding carboxylic acids is 1. The maximum atomic E-state index is 14.4. The number of hydrogen-bond acceptors (Lipinski definition) is 5. The van der Waals surface area contributed by atoms with Gasteiger partial charge in [-0.3, -0.25) is 19.6 Å². The second-order valence-corrected chi connectivity index (χ2v) is 8.50. The largest absolute Gasteiger partial charge is 0.336 e. The summed E-state index contributed by atoms with van der Waals surface area (Å²) in [7, 11) is 0. The Morgan fingerprint density at radius 2 is 1.91 bits per heavy atom. The Kier molecular flexibility index (Phi) is 5.30. The highest BCUT2D eigenvalue weighted by atomic mass is 19.1. The highest BCUT2D eigenvalue weighted by Gasteiger charge is 2.32. The van der Waals surface area contributed by atoms with E-state index in [1.165, 1.54) is 42.9 Å². The first-order valence-electron chi connectivity index (χ1n) is 11.0. The van der Waals surface area contributed by atoms with Gasteiger partial charge in [-0.15, -0.1) is 0 Å². The molecule has 2 aliphatic rings. The first-order valence-corrected chi connectivity index (χ1v) is 11.0. The second kappa shape index (κ2) is 8.30. The van der Waals surface area contributed by atoms with Gasteiger partial charge in [0.15, 0.2) is 5.82 Å². The van der Waals surface area contributed by atoms with Crippen molar-refractivity contribution in [1.29, 1.82) is 5.26 Å². The summed E-state index contributed by atoms with van der Waals surface area (Å²) in [5.41, 5.74) is 0.916. The molecule has 1 amide bonds. The summed E-state index contributed by atoms with van der Waals surface area (Å²) in [6.07, 6.45) is 5.48. The van der Waals surface area contributed by atoms with Crippen molar-refractivity contribution in [3.05, 3.63) is 69.5 Å². The molecule has 2 fully saturated rings. The zero-order chi connectivity index (χ0) is 23.1. The molecule has 0 unspecified atom stereocenters. The van der Waals surface area contributed by atoms with Crippen molar-refractivity contribution in [3.63, 3.8) is 0 Å². The monoisotopic (exact) mass is 446 g/mol. The lowest BCUT2D eigenvalue weighted by Crippen LogP contribution is -2.49. The lowest BCUT2D eigenvalue weighted by atomic mass is 10.0. The fourth-order valence-electron chi connectivity index (χ4n) is 4.35. The molecule has 1 saturated carbocycles. The van der Waals surface area contributed by atoms with Crippen molar-refractivity contribution >= 4 is 5.91 Å². The fraction of sp³-hybridized carbons (Fsp3) is 0.333. The Labute approximate surface area is 189 Å². The summed E-state index contributed by atoms with van der Waals surface area (Å²) in [5, 5.41) is 11.8. The van der Waals surface area contributed by atoms with Gasteiger partial charge in [0.2, 0.25) is 0 Å². The number of rotatable bonds is 4. The molecule has 1 saturated heterocycles. The molecular formula is C24H23FN6O2. The Hall–Kier alpha value is -3.77. The molecule has 33 heavy (non-hydrogen) atoms.